The first-order valence-electron chi connectivity index (χ1n) is 10.4. The van der Waals surface area contributed by atoms with Crippen molar-refractivity contribution in [1.29, 1.82) is 5.26 Å². The lowest BCUT2D eigenvalue weighted by atomic mass is 10.00. The standard InChI is InChI=1S/C26H21Cl2NO4/c1-2-31-20-13-11-19(12-14-20)25(17-26(25,27)28)33-24(30)23(16-29)18-7-6-10-22(15-18)32-21-8-4-3-5-9-21/h3-15,23H,2,17H2,1H3/t23-,25-/m1/s1. The number of hydrogen-bond donors (Lipinski definition) is 0. The number of rotatable bonds is 8. The van der Waals surface area contributed by atoms with Gasteiger partial charge in [-0.1, -0.05) is 65.7 Å². The molecule has 0 aromatic heterocycles. The number of para-hydroxylation sites is 1. The smallest absolute Gasteiger partial charge is 0.328 e. The summed E-state index contributed by atoms with van der Waals surface area (Å²) in [6.45, 7) is 2.42. The van der Waals surface area contributed by atoms with Crippen LogP contribution in [0, 0.1) is 11.3 Å². The van der Waals surface area contributed by atoms with E-state index in [1.54, 1.807) is 48.5 Å². The molecular formula is C26H21Cl2NO4. The zero-order chi connectivity index (χ0) is 23.5. The highest BCUT2D eigenvalue weighted by atomic mass is 35.5. The van der Waals surface area contributed by atoms with E-state index >= 15 is 0 Å². The van der Waals surface area contributed by atoms with Gasteiger partial charge in [0.05, 0.1) is 12.7 Å². The first-order valence-corrected chi connectivity index (χ1v) is 11.2. The van der Waals surface area contributed by atoms with E-state index in [0.717, 1.165) is 0 Å². The normalized spacial score (nSPS) is 19.1. The molecule has 4 rings (SSSR count). The van der Waals surface area contributed by atoms with Crippen molar-refractivity contribution in [3.63, 3.8) is 0 Å². The molecule has 3 aromatic carbocycles. The van der Waals surface area contributed by atoms with Gasteiger partial charge >= 0.3 is 5.97 Å². The highest BCUT2D eigenvalue weighted by Crippen LogP contribution is 2.65. The van der Waals surface area contributed by atoms with Crippen LogP contribution in [0.25, 0.3) is 0 Å². The van der Waals surface area contributed by atoms with E-state index in [1.807, 2.05) is 43.3 Å². The molecule has 0 aliphatic heterocycles. The number of nitriles is 1. The van der Waals surface area contributed by atoms with Gasteiger partial charge in [0, 0.05) is 6.42 Å². The molecule has 0 unspecified atom stereocenters. The third kappa shape index (κ3) is 4.78. The lowest BCUT2D eigenvalue weighted by Crippen LogP contribution is -2.27. The first kappa shape index (κ1) is 23.0. The summed E-state index contributed by atoms with van der Waals surface area (Å²) in [5.74, 6) is -0.0704. The average molecular weight is 482 g/mol. The molecule has 1 aliphatic rings. The number of hydrogen-bond acceptors (Lipinski definition) is 5. The van der Waals surface area contributed by atoms with Crippen molar-refractivity contribution in [2.45, 2.75) is 29.2 Å². The number of benzene rings is 3. The summed E-state index contributed by atoms with van der Waals surface area (Å²) in [4.78, 5) is 13.1. The quantitative estimate of drug-likeness (QED) is 0.271. The van der Waals surface area contributed by atoms with Crippen LogP contribution in [-0.2, 0) is 15.1 Å². The molecule has 33 heavy (non-hydrogen) atoms. The van der Waals surface area contributed by atoms with E-state index in [4.69, 9.17) is 37.4 Å². The maximum atomic E-state index is 13.1. The molecule has 0 radical (unpaired) electrons. The topological polar surface area (TPSA) is 68.5 Å². The second-order valence-corrected chi connectivity index (χ2v) is 9.12. The summed E-state index contributed by atoms with van der Waals surface area (Å²) in [6, 6.07) is 25.1. The van der Waals surface area contributed by atoms with E-state index in [2.05, 4.69) is 0 Å². The lowest BCUT2D eigenvalue weighted by molar-refractivity contribution is -0.152. The number of alkyl halides is 2. The van der Waals surface area contributed by atoms with Gasteiger partial charge in [0.25, 0.3) is 0 Å². The molecule has 0 spiro atoms. The Hall–Kier alpha value is -3.20. The summed E-state index contributed by atoms with van der Waals surface area (Å²) in [5, 5.41) is 9.77. The van der Waals surface area contributed by atoms with Crippen LogP contribution in [0.15, 0.2) is 78.9 Å². The Kier molecular flexibility index (Phi) is 6.51. The molecule has 1 aliphatic carbocycles. The summed E-state index contributed by atoms with van der Waals surface area (Å²) in [5.41, 5.74) is -0.138. The van der Waals surface area contributed by atoms with Gasteiger partial charge in [0.15, 0.2) is 15.9 Å². The van der Waals surface area contributed by atoms with Crippen molar-refractivity contribution in [2.24, 2.45) is 0 Å². The van der Waals surface area contributed by atoms with Crippen LogP contribution < -0.4 is 9.47 Å². The summed E-state index contributed by atoms with van der Waals surface area (Å²) in [7, 11) is 0. The Balaban J connectivity index is 1.55. The number of carbonyl (C=O) groups is 1. The van der Waals surface area contributed by atoms with E-state index in [-0.39, 0.29) is 6.42 Å². The predicted octanol–water partition coefficient (Wildman–Crippen LogP) is 6.50. The van der Waals surface area contributed by atoms with Crippen molar-refractivity contribution in [1.82, 2.24) is 0 Å². The molecule has 168 valence electrons. The van der Waals surface area contributed by atoms with Crippen LogP contribution in [-0.4, -0.2) is 16.9 Å². The predicted molar refractivity (Wildman–Crippen MR) is 126 cm³/mol. The Morgan fingerprint density at radius 1 is 1.00 bits per heavy atom. The maximum absolute atomic E-state index is 13.1. The average Bonchev–Trinajstić information content (AvgIpc) is 3.36. The van der Waals surface area contributed by atoms with Crippen LogP contribution in [0.2, 0.25) is 0 Å². The summed E-state index contributed by atoms with van der Waals surface area (Å²) in [6.07, 6.45) is 0.220. The molecule has 1 fully saturated rings. The van der Waals surface area contributed by atoms with Gasteiger partial charge in [0.1, 0.15) is 17.2 Å². The van der Waals surface area contributed by atoms with E-state index in [1.165, 1.54) is 0 Å². The van der Waals surface area contributed by atoms with Gasteiger partial charge in [0.2, 0.25) is 0 Å². The highest BCUT2D eigenvalue weighted by Gasteiger charge is 2.71. The van der Waals surface area contributed by atoms with E-state index in [0.29, 0.717) is 35.0 Å². The van der Waals surface area contributed by atoms with Gasteiger partial charge in [-0.05, 0) is 54.4 Å². The fourth-order valence-electron chi connectivity index (χ4n) is 3.61. The zero-order valence-corrected chi connectivity index (χ0v) is 19.3. The third-order valence-electron chi connectivity index (χ3n) is 5.38. The highest BCUT2D eigenvalue weighted by molar-refractivity contribution is 6.52. The largest absolute Gasteiger partial charge is 0.494 e. The number of halogens is 2. The van der Waals surface area contributed by atoms with Crippen molar-refractivity contribution >= 4 is 29.2 Å². The van der Waals surface area contributed by atoms with Crippen molar-refractivity contribution in [3.05, 3.63) is 90.0 Å². The first-order chi connectivity index (χ1) is 15.9. The number of nitrogens with zero attached hydrogens (tertiary/aromatic N) is 1. The molecule has 0 saturated heterocycles. The molecule has 0 heterocycles. The van der Waals surface area contributed by atoms with Gasteiger partial charge in [-0.15, -0.1) is 0 Å². The van der Waals surface area contributed by atoms with Crippen molar-refractivity contribution in [3.8, 4) is 23.3 Å². The van der Waals surface area contributed by atoms with Gasteiger partial charge in [-0.2, -0.15) is 5.26 Å². The molecular weight excluding hydrogens is 461 g/mol. The monoisotopic (exact) mass is 481 g/mol. The summed E-state index contributed by atoms with van der Waals surface area (Å²) >= 11 is 12.8. The molecule has 0 bridgehead atoms. The Labute approximate surface area is 202 Å². The van der Waals surface area contributed by atoms with Gasteiger partial charge in [-0.25, -0.2) is 0 Å². The molecule has 5 nitrogen and oxygen atoms in total. The van der Waals surface area contributed by atoms with Crippen LogP contribution >= 0.6 is 23.2 Å². The molecule has 7 heteroatoms. The van der Waals surface area contributed by atoms with Crippen LogP contribution in [0.1, 0.15) is 30.4 Å². The SMILES string of the molecule is CCOc1ccc([C@]2(OC(=O)[C@H](C#N)c3cccc(Oc4ccccc4)c3)CC2(Cl)Cl)cc1. The fraction of sp³-hybridized carbons (Fsp3) is 0.231. The molecule has 3 aromatic rings. The second kappa shape index (κ2) is 9.35. The summed E-state index contributed by atoms with van der Waals surface area (Å²) < 4.78 is 15.8. The second-order valence-electron chi connectivity index (χ2n) is 7.64. The number of carbonyl (C=O) groups excluding carboxylic acids is 1. The fourth-order valence-corrected chi connectivity index (χ4v) is 4.29. The zero-order valence-electron chi connectivity index (χ0n) is 17.8. The Morgan fingerprint density at radius 2 is 1.67 bits per heavy atom. The molecule has 2 atom stereocenters. The minimum atomic E-state index is -1.28. The number of esters is 1. The molecule has 0 N–H and O–H groups in total. The van der Waals surface area contributed by atoms with E-state index < -0.39 is 21.8 Å². The van der Waals surface area contributed by atoms with Crippen LogP contribution in [0.3, 0.4) is 0 Å². The molecule has 0 amide bonds. The van der Waals surface area contributed by atoms with Crippen molar-refractivity contribution < 1.29 is 19.0 Å². The maximum Gasteiger partial charge on any atom is 0.328 e. The lowest BCUT2D eigenvalue weighted by Gasteiger charge is -2.22. The van der Waals surface area contributed by atoms with Crippen LogP contribution in [0.4, 0.5) is 0 Å². The Morgan fingerprint density at radius 3 is 2.27 bits per heavy atom. The van der Waals surface area contributed by atoms with Crippen molar-refractivity contribution in [2.75, 3.05) is 6.61 Å². The number of ether oxygens (including phenoxy) is 3. The van der Waals surface area contributed by atoms with Gasteiger partial charge < -0.3 is 14.2 Å². The third-order valence-corrected chi connectivity index (χ3v) is 6.26. The minimum absolute atomic E-state index is 0.220. The Bertz CT molecular complexity index is 1170. The van der Waals surface area contributed by atoms with E-state index in [9.17, 15) is 10.1 Å². The van der Waals surface area contributed by atoms with Gasteiger partial charge in [-0.3, -0.25) is 4.79 Å². The minimum Gasteiger partial charge on any atom is -0.494 e. The van der Waals surface area contributed by atoms with Crippen LogP contribution in [0.5, 0.6) is 17.2 Å². The molecule has 1 saturated carbocycles.